The Morgan fingerprint density at radius 1 is 1.22 bits per heavy atom. The predicted molar refractivity (Wildman–Crippen MR) is 106 cm³/mol. The molecule has 0 spiro atoms. The fourth-order valence-corrected chi connectivity index (χ4v) is 3.29. The molecule has 0 saturated carbocycles. The fraction of sp³-hybridized carbons (Fsp3) is 0.278. The van der Waals surface area contributed by atoms with Crippen molar-refractivity contribution in [2.45, 2.75) is 0 Å². The van der Waals surface area contributed by atoms with Crippen molar-refractivity contribution in [1.29, 1.82) is 0 Å². The number of nitrogens with zero attached hydrogens (tertiary/aromatic N) is 2. The minimum Gasteiger partial charge on any atom is -0.378 e. The Labute approximate surface area is 169 Å². The smallest absolute Gasteiger partial charge is 0.274 e. The number of carbonyl (C=O) groups is 2. The Balaban J connectivity index is 1.90. The average molecular weight is 455 g/mol. The Hall–Kier alpha value is -2.16. The van der Waals surface area contributed by atoms with Gasteiger partial charge >= 0.3 is 0 Å². The maximum Gasteiger partial charge on any atom is 0.274 e. The fourth-order valence-electron chi connectivity index (χ4n) is 2.73. The monoisotopic (exact) mass is 453 g/mol. The molecule has 1 aromatic heterocycles. The minimum atomic E-state index is -0.533. The third kappa shape index (κ3) is 4.40. The lowest BCUT2D eigenvalue weighted by atomic mass is 10.2. The van der Waals surface area contributed by atoms with Crippen LogP contribution in [0.4, 0.5) is 5.69 Å². The molecule has 2 amide bonds. The largest absolute Gasteiger partial charge is 0.378 e. The second-order valence-corrected chi connectivity index (χ2v) is 7.36. The van der Waals surface area contributed by atoms with Gasteiger partial charge in [0.05, 0.1) is 29.4 Å². The van der Waals surface area contributed by atoms with Crippen LogP contribution in [0, 0.1) is 0 Å². The number of morpholine rings is 1. The summed E-state index contributed by atoms with van der Waals surface area (Å²) in [5.74, 6) is -0.751. The van der Waals surface area contributed by atoms with E-state index in [1.807, 2.05) is 0 Å². The lowest BCUT2D eigenvalue weighted by molar-refractivity contribution is 0.0302. The maximum absolute atomic E-state index is 12.7. The number of carbonyl (C=O) groups excluding carboxylic acids is 2. The highest BCUT2D eigenvalue weighted by Crippen LogP contribution is 2.22. The number of aromatic nitrogens is 1. The highest BCUT2D eigenvalue weighted by Gasteiger charge is 2.21. The summed E-state index contributed by atoms with van der Waals surface area (Å²) in [5.41, 5.74) is 0.123. The van der Waals surface area contributed by atoms with Crippen LogP contribution in [0.3, 0.4) is 0 Å². The highest BCUT2D eigenvalue weighted by atomic mass is 79.9. The zero-order valence-electron chi connectivity index (χ0n) is 14.5. The number of pyridine rings is 1. The molecule has 142 valence electrons. The van der Waals surface area contributed by atoms with Crippen molar-refractivity contribution in [2.24, 2.45) is 7.05 Å². The summed E-state index contributed by atoms with van der Waals surface area (Å²) in [6.07, 6.45) is 1.46. The molecule has 0 aliphatic carbocycles. The SMILES string of the molecule is Cn1cc(C(=O)N2CCOCC2)cc(NC(=O)c2cc(Br)ccc2Cl)c1=O. The summed E-state index contributed by atoms with van der Waals surface area (Å²) in [7, 11) is 1.53. The van der Waals surface area contributed by atoms with Gasteiger partial charge in [-0.25, -0.2) is 0 Å². The van der Waals surface area contributed by atoms with Gasteiger partial charge in [-0.1, -0.05) is 27.5 Å². The first kappa shape index (κ1) is 19.6. The Kier molecular flexibility index (Phi) is 5.98. The van der Waals surface area contributed by atoms with Crippen LogP contribution < -0.4 is 10.9 Å². The molecule has 1 aliphatic heterocycles. The first-order chi connectivity index (χ1) is 12.9. The lowest BCUT2D eigenvalue weighted by Crippen LogP contribution is -2.41. The first-order valence-electron chi connectivity index (χ1n) is 8.21. The third-order valence-corrected chi connectivity index (χ3v) is 4.97. The number of nitrogens with one attached hydrogen (secondary N) is 1. The van der Waals surface area contributed by atoms with E-state index in [-0.39, 0.29) is 22.2 Å². The quantitative estimate of drug-likeness (QED) is 0.773. The van der Waals surface area contributed by atoms with E-state index in [0.29, 0.717) is 36.3 Å². The first-order valence-corrected chi connectivity index (χ1v) is 9.38. The second-order valence-electron chi connectivity index (χ2n) is 6.04. The minimum absolute atomic E-state index is 0.0117. The topological polar surface area (TPSA) is 80.6 Å². The van der Waals surface area contributed by atoms with Crippen molar-refractivity contribution in [2.75, 3.05) is 31.6 Å². The molecule has 0 unspecified atom stereocenters. The van der Waals surface area contributed by atoms with Crippen LogP contribution in [0.25, 0.3) is 0 Å². The molecule has 1 aliphatic rings. The van der Waals surface area contributed by atoms with Crippen molar-refractivity contribution in [1.82, 2.24) is 9.47 Å². The van der Waals surface area contributed by atoms with E-state index in [4.69, 9.17) is 16.3 Å². The maximum atomic E-state index is 12.7. The van der Waals surface area contributed by atoms with Gasteiger partial charge in [0, 0.05) is 30.8 Å². The number of benzene rings is 1. The van der Waals surface area contributed by atoms with Gasteiger partial charge in [-0.2, -0.15) is 0 Å². The molecule has 0 atom stereocenters. The predicted octanol–water partition coefficient (Wildman–Crippen LogP) is 2.53. The number of anilines is 1. The van der Waals surface area contributed by atoms with Gasteiger partial charge in [-0.3, -0.25) is 14.4 Å². The van der Waals surface area contributed by atoms with E-state index >= 15 is 0 Å². The number of aryl methyl sites for hydroxylation is 1. The van der Waals surface area contributed by atoms with Crippen molar-refractivity contribution in [3.63, 3.8) is 0 Å². The Morgan fingerprint density at radius 2 is 1.93 bits per heavy atom. The van der Waals surface area contributed by atoms with Crippen LogP contribution >= 0.6 is 27.5 Å². The van der Waals surface area contributed by atoms with Gasteiger partial charge in [0.2, 0.25) is 0 Å². The zero-order chi connectivity index (χ0) is 19.6. The van der Waals surface area contributed by atoms with E-state index in [0.717, 1.165) is 0 Å². The lowest BCUT2D eigenvalue weighted by Gasteiger charge is -2.27. The van der Waals surface area contributed by atoms with Crippen LogP contribution in [-0.2, 0) is 11.8 Å². The molecule has 1 fully saturated rings. The van der Waals surface area contributed by atoms with E-state index in [2.05, 4.69) is 21.2 Å². The second kappa shape index (κ2) is 8.24. The van der Waals surface area contributed by atoms with E-state index in [9.17, 15) is 14.4 Å². The molecule has 1 N–H and O–H groups in total. The Morgan fingerprint density at radius 3 is 2.63 bits per heavy atom. The Bertz CT molecular complexity index is 954. The van der Waals surface area contributed by atoms with Crippen LogP contribution in [0.1, 0.15) is 20.7 Å². The van der Waals surface area contributed by atoms with E-state index in [1.54, 1.807) is 23.1 Å². The van der Waals surface area contributed by atoms with Gasteiger partial charge < -0.3 is 19.5 Å². The standard InChI is InChI=1S/C18H17BrClN3O4/c1-22-10-11(17(25)23-4-6-27-7-5-23)8-15(18(22)26)21-16(24)13-9-12(19)2-3-14(13)20/h2-3,8-10H,4-7H2,1H3,(H,21,24). The average Bonchev–Trinajstić information content (AvgIpc) is 2.67. The van der Waals surface area contributed by atoms with Gasteiger partial charge in [0.1, 0.15) is 5.69 Å². The molecule has 0 radical (unpaired) electrons. The van der Waals surface area contributed by atoms with Gasteiger partial charge in [0.25, 0.3) is 17.4 Å². The molecule has 7 nitrogen and oxygen atoms in total. The van der Waals surface area contributed by atoms with E-state index in [1.165, 1.54) is 23.9 Å². The summed E-state index contributed by atoms with van der Waals surface area (Å²) >= 11 is 9.36. The van der Waals surface area contributed by atoms with Gasteiger partial charge in [-0.05, 0) is 24.3 Å². The number of rotatable bonds is 3. The summed E-state index contributed by atoms with van der Waals surface area (Å²) in [4.78, 5) is 39.3. The van der Waals surface area contributed by atoms with Crippen molar-refractivity contribution < 1.29 is 14.3 Å². The van der Waals surface area contributed by atoms with Crippen LogP contribution in [0.2, 0.25) is 5.02 Å². The highest BCUT2D eigenvalue weighted by molar-refractivity contribution is 9.10. The van der Waals surface area contributed by atoms with Crippen molar-refractivity contribution in [3.05, 3.63) is 61.4 Å². The number of hydrogen-bond donors (Lipinski definition) is 1. The third-order valence-electron chi connectivity index (χ3n) is 4.15. The summed E-state index contributed by atoms with van der Waals surface area (Å²) in [6, 6.07) is 6.24. The van der Waals surface area contributed by atoms with Crippen LogP contribution in [0.15, 0.2) is 39.7 Å². The molecule has 9 heteroatoms. The van der Waals surface area contributed by atoms with Crippen molar-refractivity contribution in [3.8, 4) is 0 Å². The molecule has 27 heavy (non-hydrogen) atoms. The number of hydrogen-bond acceptors (Lipinski definition) is 4. The van der Waals surface area contributed by atoms with E-state index < -0.39 is 11.5 Å². The number of halogens is 2. The molecular weight excluding hydrogens is 438 g/mol. The van der Waals surface area contributed by atoms with Gasteiger partial charge in [-0.15, -0.1) is 0 Å². The zero-order valence-corrected chi connectivity index (χ0v) is 16.8. The number of ether oxygens (including phenoxy) is 1. The summed E-state index contributed by atoms with van der Waals surface area (Å²) < 4.78 is 7.20. The normalized spacial score (nSPS) is 14.1. The van der Waals surface area contributed by atoms with Gasteiger partial charge in [0.15, 0.2) is 0 Å². The molecule has 2 heterocycles. The van der Waals surface area contributed by atoms with Crippen LogP contribution in [-0.4, -0.2) is 47.6 Å². The summed E-state index contributed by atoms with van der Waals surface area (Å²) in [6.45, 7) is 1.92. The molecule has 1 aromatic carbocycles. The molecular formula is C18H17BrClN3O4. The molecule has 1 saturated heterocycles. The molecule has 0 bridgehead atoms. The summed E-state index contributed by atoms with van der Waals surface area (Å²) in [5, 5.41) is 2.82. The van der Waals surface area contributed by atoms with Crippen molar-refractivity contribution >= 4 is 45.0 Å². The molecule has 2 aromatic rings. The molecule has 3 rings (SSSR count). The number of amides is 2. The van der Waals surface area contributed by atoms with Crippen LogP contribution in [0.5, 0.6) is 0 Å².